The molecule has 0 atom stereocenters. The molecule has 96 valence electrons. The highest BCUT2D eigenvalue weighted by Gasteiger charge is 2.19. The average molecular weight is 267 g/mol. The van der Waals surface area contributed by atoms with Crippen LogP contribution in [0.2, 0.25) is 5.02 Å². The zero-order valence-electron chi connectivity index (χ0n) is 10.4. The first kappa shape index (κ1) is 12.9. The van der Waals surface area contributed by atoms with Crippen molar-refractivity contribution in [2.75, 3.05) is 6.61 Å². The molecule has 18 heavy (non-hydrogen) atoms. The van der Waals surface area contributed by atoms with Crippen molar-refractivity contribution < 1.29 is 9.53 Å². The van der Waals surface area contributed by atoms with Crippen LogP contribution in [0.5, 0.6) is 0 Å². The normalized spacial score (nSPS) is 10.8. The zero-order valence-corrected chi connectivity index (χ0v) is 11.2. The minimum absolute atomic E-state index is 0.337. The van der Waals surface area contributed by atoms with Crippen molar-refractivity contribution in [1.82, 2.24) is 9.38 Å². The Morgan fingerprint density at radius 2 is 2.28 bits per heavy atom. The monoisotopic (exact) mass is 266 g/mol. The van der Waals surface area contributed by atoms with Crippen LogP contribution in [0.25, 0.3) is 5.65 Å². The number of hydrogen-bond acceptors (Lipinski definition) is 3. The minimum atomic E-state index is -0.337. The number of ether oxygens (including phenoxy) is 1. The number of imidazole rings is 1. The Labute approximate surface area is 111 Å². The maximum Gasteiger partial charge on any atom is 0.357 e. The van der Waals surface area contributed by atoms with Gasteiger partial charge in [-0.05, 0) is 19.4 Å². The molecule has 5 heteroatoms. The molecular weight excluding hydrogens is 252 g/mol. The molecule has 0 saturated heterocycles. The summed E-state index contributed by atoms with van der Waals surface area (Å²) in [6.45, 7) is 4.19. The first-order valence-electron chi connectivity index (χ1n) is 6.01. The predicted octanol–water partition coefficient (Wildman–Crippen LogP) is 3.12. The van der Waals surface area contributed by atoms with Crippen molar-refractivity contribution in [2.45, 2.75) is 26.7 Å². The van der Waals surface area contributed by atoms with Crippen LogP contribution in [0.3, 0.4) is 0 Å². The summed E-state index contributed by atoms with van der Waals surface area (Å²) in [5, 5.41) is 0.603. The van der Waals surface area contributed by atoms with Gasteiger partial charge in [0, 0.05) is 17.3 Å². The van der Waals surface area contributed by atoms with Gasteiger partial charge in [0.05, 0.1) is 12.3 Å². The first-order valence-corrected chi connectivity index (χ1v) is 6.38. The SMILES string of the molecule is CCCc1nc2cc(Cl)ccn2c1C(=O)OCC. The van der Waals surface area contributed by atoms with Crippen molar-refractivity contribution in [1.29, 1.82) is 0 Å². The lowest BCUT2D eigenvalue weighted by Gasteiger charge is -2.04. The molecule has 0 radical (unpaired) electrons. The van der Waals surface area contributed by atoms with Crippen LogP contribution in [-0.4, -0.2) is 22.0 Å². The van der Waals surface area contributed by atoms with E-state index in [4.69, 9.17) is 16.3 Å². The van der Waals surface area contributed by atoms with E-state index in [2.05, 4.69) is 4.98 Å². The summed E-state index contributed by atoms with van der Waals surface area (Å²) in [5.74, 6) is -0.337. The van der Waals surface area contributed by atoms with Gasteiger partial charge in [-0.3, -0.25) is 4.40 Å². The van der Waals surface area contributed by atoms with Crippen molar-refractivity contribution in [3.8, 4) is 0 Å². The van der Waals surface area contributed by atoms with E-state index >= 15 is 0 Å². The number of carbonyl (C=O) groups is 1. The van der Waals surface area contributed by atoms with E-state index < -0.39 is 0 Å². The Morgan fingerprint density at radius 3 is 2.94 bits per heavy atom. The predicted molar refractivity (Wildman–Crippen MR) is 70.2 cm³/mol. The standard InChI is InChI=1S/C13H15ClN2O2/c1-3-5-10-12(13(17)18-4-2)16-7-6-9(14)8-11(16)15-10/h6-8H,3-5H2,1-2H3. The van der Waals surface area contributed by atoms with Gasteiger partial charge in [-0.1, -0.05) is 24.9 Å². The lowest BCUT2D eigenvalue weighted by Crippen LogP contribution is -2.10. The van der Waals surface area contributed by atoms with Crippen LogP contribution < -0.4 is 0 Å². The molecule has 2 rings (SSSR count). The Balaban J connectivity index is 2.58. The molecule has 2 heterocycles. The Bertz CT molecular complexity index is 578. The van der Waals surface area contributed by atoms with Gasteiger partial charge in [-0.2, -0.15) is 0 Å². The largest absolute Gasteiger partial charge is 0.461 e. The lowest BCUT2D eigenvalue weighted by atomic mass is 10.2. The van der Waals surface area contributed by atoms with Crippen molar-refractivity contribution in [3.63, 3.8) is 0 Å². The summed E-state index contributed by atoms with van der Waals surface area (Å²) in [5.41, 5.74) is 1.94. The van der Waals surface area contributed by atoms with Gasteiger partial charge in [0.2, 0.25) is 0 Å². The molecule has 0 N–H and O–H groups in total. The van der Waals surface area contributed by atoms with Crippen LogP contribution in [0, 0.1) is 0 Å². The topological polar surface area (TPSA) is 43.6 Å². The van der Waals surface area contributed by atoms with Crippen LogP contribution in [0.4, 0.5) is 0 Å². The summed E-state index contributed by atoms with van der Waals surface area (Å²) in [7, 11) is 0. The third kappa shape index (κ3) is 2.34. The van der Waals surface area contributed by atoms with Crippen LogP contribution in [-0.2, 0) is 11.2 Å². The number of hydrogen-bond donors (Lipinski definition) is 0. The molecule has 2 aromatic rings. The molecule has 0 amide bonds. The fraction of sp³-hybridized carbons (Fsp3) is 0.385. The fourth-order valence-corrected chi connectivity index (χ4v) is 2.05. The maximum atomic E-state index is 12.0. The van der Waals surface area contributed by atoms with Gasteiger partial charge < -0.3 is 4.74 Å². The molecule has 0 aliphatic rings. The van der Waals surface area contributed by atoms with Gasteiger partial charge in [-0.25, -0.2) is 9.78 Å². The molecule has 0 fully saturated rings. The Hall–Kier alpha value is -1.55. The second-order valence-electron chi connectivity index (χ2n) is 3.95. The molecule has 0 unspecified atom stereocenters. The number of pyridine rings is 1. The van der Waals surface area contributed by atoms with Gasteiger partial charge in [0.1, 0.15) is 5.65 Å². The van der Waals surface area contributed by atoms with E-state index in [-0.39, 0.29) is 5.97 Å². The second kappa shape index (κ2) is 5.40. The van der Waals surface area contributed by atoms with E-state index in [1.807, 2.05) is 6.92 Å². The molecule has 0 bridgehead atoms. The maximum absolute atomic E-state index is 12.0. The lowest BCUT2D eigenvalue weighted by molar-refractivity contribution is 0.0517. The van der Waals surface area contributed by atoms with Crippen LogP contribution in [0.15, 0.2) is 18.3 Å². The van der Waals surface area contributed by atoms with E-state index in [1.54, 1.807) is 29.7 Å². The fourth-order valence-electron chi connectivity index (χ4n) is 1.90. The van der Waals surface area contributed by atoms with Crippen LogP contribution in [0.1, 0.15) is 36.5 Å². The van der Waals surface area contributed by atoms with E-state index in [0.29, 0.717) is 23.0 Å². The van der Waals surface area contributed by atoms with E-state index in [1.165, 1.54) is 0 Å². The van der Waals surface area contributed by atoms with E-state index in [9.17, 15) is 4.79 Å². The highest BCUT2D eigenvalue weighted by Crippen LogP contribution is 2.19. The number of carbonyl (C=O) groups excluding carboxylic acids is 1. The van der Waals surface area contributed by atoms with Crippen molar-refractivity contribution in [2.24, 2.45) is 0 Å². The molecule has 0 aliphatic carbocycles. The second-order valence-corrected chi connectivity index (χ2v) is 4.39. The summed E-state index contributed by atoms with van der Waals surface area (Å²) in [4.78, 5) is 16.4. The quantitative estimate of drug-likeness (QED) is 0.799. The highest BCUT2D eigenvalue weighted by atomic mass is 35.5. The summed E-state index contributed by atoms with van der Waals surface area (Å²) in [6.07, 6.45) is 3.41. The van der Waals surface area contributed by atoms with Crippen molar-refractivity contribution in [3.05, 3.63) is 34.7 Å². The third-order valence-corrected chi connectivity index (χ3v) is 2.85. The smallest absolute Gasteiger partial charge is 0.357 e. The van der Waals surface area contributed by atoms with Crippen molar-refractivity contribution >= 4 is 23.2 Å². The van der Waals surface area contributed by atoms with Gasteiger partial charge in [-0.15, -0.1) is 0 Å². The molecule has 0 spiro atoms. The molecule has 0 saturated carbocycles. The molecular formula is C13H15ClN2O2. The van der Waals surface area contributed by atoms with Gasteiger partial charge in [0.25, 0.3) is 0 Å². The number of aromatic nitrogens is 2. The summed E-state index contributed by atoms with van der Waals surface area (Å²) >= 11 is 5.93. The van der Waals surface area contributed by atoms with Crippen LogP contribution >= 0.6 is 11.6 Å². The highest BCUT2D eigenvalue weighted by molar-refractivity contribution is 6.30. The summed E-state index contributed by atoms with van der Waals surface area (Å²) < 4.78 is 6.81. The molecule has 4 nitrogen and oxygen atoms in total. The zero-order chi connectivity index (χ0) is 13.1. The van der Waals surface area contributed by atoms with Gasteiger partial charge in [0.15, 0.2) is 5.69 Å². The number of esters is 1. The minimum Gasteiger partial charge on any atom is -0.461 e. The van der Waals surface area contributed by atoms with E-state index in [0.717, 1.165) is 18.5 Å². The molecule has 2 aromatic heterocycles. The first-order chi connectivity index (χ1) is 8.67. The Morgan fingerprint density at radius 1 is 1.50 bits per heavy atom. The number of fused-ring (bicyclic) bond motifs is 1. The average Bonchev–Trinajstić information content (AvgIpc) is 2.67. The Kier molecular flexibility index (Phi) is 3.87. The molecule has 0 aromatic carbocycles. The number of aryl methyl sites for hydroxylation is 1. The third-order valence-electron chi connectivity index (χ3n) is 2.62. The number of halogens is 1. The summed E-state index contributed by atoms with van der Waals surface area (Å²) in [6, 6.07) is 3.47. The van der Waals surface area contributed by atoms with Gasteiger partial charge >= 0.3 is 5.97 Å². The number of rotatable bonds is 4. The molecule has 0 aliphatic heterocycles. The number of nitrogens with zero attached hydrogens (tertiary/aromatic N) is 2.